The maximum Gasteiger partial charge on any atom is 0.322 e. The maximum atomic E-state index is 12.4. The van der Waals surface area contributed by atoms with E-state index >= 15 is 0 Å². The number of ether oxygens (including phenoxy) is 5. The number of methoxy groups -OCH3 is 1. The minimum Gasteiger partial charge on any atom is -0.504 e. The van der Waals surface area contributed by atoms with Crippen LogP contribution in [0.5, 0.6) is 28.7 Å². The Morgan fingerprint density at radius 3 is 2.48 bits per heavy atom. The van der Waals surface area contributed by atoms with E-state index in [9.17, 15) is 20.0 Å². The Morgan fingerprint density at radius 2 is 1.89 bits per heavy atom. The predicted octanol–water partition coefficient (Wildman–Crippen LogP) is 3.91. The summed E-state index contributed by atoms with van der Waals surface area (Å²) in [6.45, 7) is 10.7. The van der Waals surface area contributed by atoms with Crippen molar-refractivity contribution < 1.29 is 38.4 Å². The Balaban J connectivity index is 2.02. The molecule has 2 aromatic carbocycles. The number of phenolic OH excluding ortho intramolecular Hbond substituents is 1. The van der Waals surface area contributed by atoms with Crippen LogP contribution in [0.15, 0.2) is 12.1 Å². The molecule has 0 spiro atoms. The number of piperazine rings is 1. The minimum absolute atomic E-state index is 0.00942. The number of carbonyl (C=O) groups excluding carboxylic acids is 2. The zero-order chi connectivity index (χ0) is 34.0. The van der Waals surface area contributed by atoms with E-state index in [1.165, 1.54) is 25.8 Å². The molecule has 0 amide bonds. The lowest BCUT2D eigenvalue weighted by Gasteiger charge is -2.53. The standard InChI is InChI=1S/C33H44N4O8S/c1-16-10-17(2)29(41-8)28(39)25(16)26-27(37(22(12-34)13-36(26)7)18(3)14-42-33(40)20(5)35)32(46-9)23-11-24-31(44-15-43-24)19(4)30(23)45-21(6)38/h10-11,18,20,22,26-27,32,39H,13-15,35H2,1-9H3/t18-,20+,22+,26-,27?,32+/m1/s1. The highest BCUT2D eigenvalue weighted by Crippen LogP contribution is 2.54. The van der Waals surface area contributed by atoms with Crippen LogP contribution in [0.1, 0.15) is 59.9 Å². The number of phenols is 1. The lowest BCUT2D eigenvalue weighted by Crippen LogP contribution is -2.63. The van der Waals surface area contributed by atoms with Gasteiger partial charge in [-0.2, -0.15) is 17.0 Å². The second-order valence-electron chi connectivity index (χ2n) is 11.9. The van der Waals surface area contributed by atoms with Crippen LogP contribution in [0.25, 0.3) is 0 Å². The van der Waals surface area contributed by atoms with E-state index in [0.29, 0.717) is 46.2 Å². The van der Waals surface area contributed by atoms with Crippen molar-refractivity contribution in [1.29, 1.82) is 5.26 Å². The summed E-state index contributed by atoms with van der Waals surface area (Å²) in [4.78, 5) is 29.0. The van der Waals surface area contributed by atoms with Crippen molar-refractivity contribution in [1.82, 2.24) is 9.80 Å². The summed E-state index contributed by atoms with van der Waals surface area (Å²) >= 11 is 1.51. The van der Waals surface area contributed by atoms with Crippen LogP contribution in [-0.4, -0.2) is 91.4 Å². The number of likely N-dealkylation sites (N-methyl/N-ethyl adjacent to an activating group) is 1. The van der Waals surface area contributed by atoms with Crippen molar-refractivity contribution in [3.05, 3.63) is 39.9 Å². The minimum atomic E-state index is -0.809. The first kappa shape index (κ1) is 35.2. The van der Waals surface area contributed by atoms with Crippen LogP contribution in [0.4, 0.5) is 0 Å². The number of nitrogens with zero attached hydrogens (tertiary/aromatic N) is 3. The van der Waals surface area contributed by atoms with E-state index in [1.54, 1.807) is 6.92 Å². The van der Waals surface area contributed by atoms with Gasteiger partial charge in [-0.15, -0.1) is 0 Å². The van der Waals surface area contributed by atoms with Crippen LogP contribution in [-0.2, 0) is 14.3 Å². The first-order chi connectivity index (χ1) is 21.8. The molecule has 12 nitrogen and oxygen atoms in total. The van der Waals surface area contributed by atoms with E-state index in [4.69, 9.17) is 29.4 Å². The zero-order valence-corrected chi connectivity index (χ0v) is 28.7. The molecule has 13 heteroatoms. The van der Waals surface area contributed by atoms with E-state index in [2.05, 4.69) is 11.0 Å². The van der Waals surface area contributed by atoms with Gasteiger partial charge >= 0.3 is 11.9 Å². The van der Waals surface area contributed by atoms with Crippen LogP contribution >= 0.6 is 11.8 Å². The van der Waals surface area contributed by atoms with E-state index in [1.807, 2.05) is 58.0 Å². The Hall–Kier alpha value is -3.70. The topological polar surface area (TPSA) is 157 Å². The molecular formula is C33H44N4O8S. The van der Waals surface area contributed by atoms with E-state index < -0.39 is 47.4 Å². The molecular weight excluding hydrogens is 612 g/mol. The molecule has 250 valence electrons. The molecule has 0 saturated carbocycles. The number of esters is 2. The molecule has 2 aromatic rings. The van der Waals surface area contributed by atoms with Gasteiger partial charge in [-0.1, -0.05) is 6.07 Å². The monoisotopic (exact) mass is 656 g/mol. The van der Waals surface area contributed by atoms with Crippen molar-refractivity contribution in [2.24, 2.45) is 5.73 Å². The number of benzene rings is 2. The first-order valence-electron chi connectivity index (χ1n) is 15.1. The summed E-state index contributed by atoms with van der Waals surface area (Å²) in [6, 6.07) is 3.31. The SMILES string of the molecule is COc1c(C)cc(C)c([C@@H]2C([C@@H](SC)c3cc4c(c(C)c3OC(C)=O)OCO4)N([C@H](C)COC(=O)[C@H](C)N)[C@@H](C#N)CN2C)c1O. The Kier molecular flexibility index (Phi) is 11.0. The number of nitrogens with two attached hydrogens (primary N) is 1. The number of hydrogen-bond acceptors (Lipinski definition) is 13. The van der Waals surface area contributed by atoms with Gasteiger partial charge in [0.15, 0.2) is 23.0 Å². The van der Waals surface area contributed by atoms with Crippen LogP contribution in [0.3, 0.4) is 0 Å². The lowest BCUT2D eigenvalue weighted by molar-refractivity contribution is -0.147. The molecule has 46 heavy (non-hydrogen) atoms. The molecule has 4 rings (SSSR count). The van der Waals surface area contributed by atoms with Crippen molar-refractivity contribution in [3.8, 4) is 34.8 Å². The zero-order valence-electron chi connectivity index (χ0n) is 27.9. The van der Waals surface area contributed by atoms with Gasteiger partial charge in [-0.3, -0.25) is 19.4 Å². The highest BCUT2D eigenvalue weighted by molar-refractivity contribution is 7.98. The number of hydrogen-bond donors (Lipinski definition) is 2. The van der Waals surface area contributed by atoms with Crippen molar-refractivity contribution >= 4 is 23.7 Å². The van der Waals surface area contributed by atoms with Crippen LogP contribution in [0, 0.1) is 32.1 Å². The summed E-state index contributed by atoms with van der Waals surface area (Å²) in [5.74, 6) is 0.675. The molecule has 1 saturated heterocycles. The highest BCUT2D eigenvalue weighted by Gasteiger charge is 2.50. The third kappa shape index (κ3) is 6.57. The van der Waals surface area contributed by atoms with Gasteiger partial charge in [0.25, 0.3) is 0 Å². The third-order valence-electron chi connectivity index (χ3n) is 8.63. The molecule has 0 radical (unpaired) electrons. The molecule has 0 aliphatic carbocycles. The average molecular weight is 657 g/mol. The van der Waals surface area contributed by atoms with Gasteiger partial charge < -0.3 is 34.5 Å². The number of carbonyl (C=O) groups is 2. The fraction of sp³-hybridized carbons (Fsp3) is 0.545. The summed E-state index contributed by atoms with van der Waals surface area (Å²) in [5.41, 5.74) is 9.31. The number of aromatic hydroxyl groups is 1. The second kappa shape index (κ2) is 14.4. The van der Waals surface area contributed by atoms with Gasteiger partial charge in [0.2, 0.25) is 6.79 Å². The highest BCUT2D eigenvalue weighted by atomic mass is 32.2. The maximum absolute atomic E-state index is 12.4. The second-order valence-corrected chi connectivity index (χ2v) is 12.9. The Labute approximate surface area is 274 Å². The van der Waals surface area contributed by atoms with Gasteiger partial charge in [-0.25, -0.2) is 0 Å². The average Bonchev–Trinajstić information content (AvgIpc) is 3.47. The van der Waals surface area contributed by atoms with Gasteiger partial charge in [0, 0.05) is 42.2 Å². The Morgan fingerprint density at radius 1 is 1.20 bits per heavy atom. The fourth-order valence-electron chi connectivity index (χ4n) is 6.71. The molecule has 0 aromatic heterocycles. The van der Waals surface area contributed by atoms with Gasteiger partial charge in [-0.05, 0) is 65.1 Å². The number of nitriles is 1. The molecule has 2 heterocycles. The first-order valence-corrected chi connectivity index (χ1v) is 16.4. The van der Waals surface area contributed by atoms with Gasteiger partial charge in [0.1, 0.15) is 24.4 Å². The molecule has 6 atom stereocenters. The number of thioether (sulfide) groups is 1. The molecule has 1 unspecified atom stereocenters. The quantitative estimate of drug-likeness (QED) is 0.281. The van der Waals surface area contributed by atoms with Crippen molar-refractivity contribution in [3.63, 3.8) is 0 Å². The summed E-state index contributed by atoms with van der Waals surface area (Å²) in [6.07, 6.45) is 1.94. The van der Waals surface area contributed by atoms with Crippen LogP contribution < -0.4 is 24.7 Å². The summed E-state index contributed by atoms with van der Waals surface area (Å²) in [7, 11) is 3.43. The Bertz CT molecular complexity index is 1530. The normalized spacial score (nSPS) is 21.6. The molecule has 3 N–H and O–H groups in total. The smallest absolute Gasteiger partial charge is 0.322 e. The largest absolute Gasteiger partial charge is 0.504 e. The summed E-state index contributed by atoms with van der Waals surface area (Å²) < 4.78 is 28.6. The van der Waals surface area contributed by atoms with Crippen molar-refractivity contribution in [2.75, 3.05) is 40.4 Å². The third-order valence-corrected chi connectivity index (χ3v) is 9.67. The van der Waals surface area contributed by atoms with Crippen molar-refractivity contribution in [2.45, 2.75) is 77.0 Å². The number of aryl methyl sites for hydroxylation is 2. The molecule has 0 bridgehead atoms. The molecule has 2 aliphatic rings. The van der Waals surface area contributed by atoms with Crippen LogP contribution in [0.2, 0.25) is 0 Å². The molecule has 1 fully saturated rings. The number of rotatable bonds is 10. The lowest BCUT2D eigenvalue weighted by atomic mass is 9.83. The van der Waals surface area contributed by atoms with E-state index in [-0.39, 0.29) is 19.1 Å². The predicted molar refractivity (Wildman–Crippen MR) is 173 cm³/mol. The molecule has 2 aliphatic heterocycles. The van der Waals surface area contributed by atoms with Gasteiger partial charge in [0.05, 0.1) is 24.5 Å². The summed E-state index contributed by atoms with van der Waals surface area (Å²) in [5, 5.41) is 21.8. The number of fused-ring (bicyclic) bond motifs is 1. The fourth-order valence-corrected chi connectivity index (χ4v) is 7.70. The van der Waals surface area contributed by atoms with E-state index in [0.717, 1.165) is 11.1 Å².